The van der Waals surface area contributed by atoms with Gasteiger partial charge in [0.1, 0.15) is 4.90 Å². The molecule has 0 spiro atoms. The number of rotatable bonds is 5. The lowest BCUT2D eigenvalue weighted by Gasteiger charge is -2.29. The largest absolute Gasteiger partial charge is 0.372 e. The summed E-state index contributed by atoms with van der Waals surface area (Å²) >= 11 is 6.05. The maximum Gasteiger partial charge on any atom is 0.244 e. The van der Waals surface area contributed by atoms with E-state index in [4.69, 9.17) is 11.6 Å². The number of sulfonamides is 1. The Labute approximate surface area is 155 Å². The molecule has 1 aliphatic rings. The Morgan fingerprint density at radius 3 is 2.28 bits per heavy atom. The van der Waals surface area contributed by atoms with Crippen LogP contribution in [-0.4, -0.2) is 32.9 Å². The fourth-order valence-electron chi connectivity index (χ4n) is 3.13. The van der Waals surface area contributed by atoms with Crippen LogP contribution in [0, 0.1) is 0 Å². The molecule has 6 heteroatoms. The normalized spacial score (nSPS) is 15.6. The lowest BCUT2D eigenvalue weighted by atomic mass is 10.1. The SMILES string of the molecule is CN(Cc1ccc(N2CCCCC2)cc1)S(=O)(=O)c1ccccc1Cl. The number of hydrogen-bond acceptors (Lipinski definition) is 3. The molecule has 2 aromatic carbocycles. The van der Waals surface area contributed by atoms with Crippen molar-refractivity contribution in [2.75, 3.05) is 25.0 Å². The van der Waals surface area contributed by atoms with Gasteiger partial charge < -0.3 is 4.90 Å². The number of benzene rings is 2. The average Bonchev–Trinajstić information content (AvgIpc) is 2.63. The van der Waals surface area contributed by atoms with Crippen molar-refractivity contribution in [1.29, 1.82) is 0 Å². The molecular formula is C19H23ClN2O2S. The van der Waals surface area contributed by atoms with E-state index in [2.05, 4.69) is 17.0 Å². The predicted octanol–water partition coefficient (Wildman–Crippen LogP) is 4.15. The molecule has 0 N–H and O–H groups in total. The van der Waals surface area contributed by atoms with Gasteiger partial charge in [0, 0.05) is 32.4 Å². The number of halogens is 1. The summed E-state index contributed by atoms with van der Waals surface area (Å²) in [6.07, 6.45) is 3.78. The molecule has 1 saturated heterocycles. The van der Waals surface area contributed by atoms with Gasteiger partial charge in [0.05, 0.1) is 5.02 Å². The van der Waals surface area contributed by atoms with Crippen LogP contribution in [0.15, 0.2) is 53.4 Å². The number of nitrogens with zero attached hydrogens (tertiary/aromatic N) is 2. The van der Waals surface area contributed by atoms with Gasteiger partial charge in [-0.1, -0.05) is 35.9 Å². The summed E-state index contributed by atoms with van der Waals surface area (Å²) in [7, 11) is -2.03. The van der Waals surface area contributed by atoms with E-state index >= 15 is 0 Å². The monoisotopic (exact) mass is 378 g/mol. The lowest BCUT2D eigenvalue weighted by molar-refractivity contribution is 0.467. The van der Waals surface area contributed by atoms with Crippen molar-refractivity contribution in [3.8, 4) is 0 Å². The van der Waals surface area contributed by atoms with Gasteiger partial charge in [-0.15, -0.1) is 0 Å². The topological polar surface area (TPSA) is 40.6 Å². The molecule has 0 aliphatic carbocycles. The molecule has 134 valence electrons. The number of hydrogen-bond donors (Lipinski definition) is 0. The molecule has 1 aliphatic heterocycles. The maximum absolute atomic E-state index is 12.7. The highest BCUT2D eigenvalue weighted by Gasteiger charge is 2.23. The van der Waals surface area contributed by atoms with Gasteiger partial charge in [-0.25, -0.2) is 8.42 Å². The molecule has 0 bridgehead atoms. The van der Waals surface area contributed by atoms with E-state index in [1.54, 1.807) is 25.2 Å². The van der Waals surface area contributed by atoms with E-state index in [1.165, 1.54) is 35.3 Å². The third-order valence-corrected chi connectivity index (χ3v) is 6.89. The predicted molar refractivity (Wildman–Crippen MR) is 103 cm³/mol. The van der Waals surface area contributed by atoms with Crippen LogP contribution in [0.5, 0.6) is 0 Å². The van der Waals surface area contributed by atoms with Crippen molar-refractivity contribution in [2.45, 2.75) is 30.7 Å². The third kappa shape index (κ3) is 4.17. The first-order valence-electron chi connectivity index (χ1n) is 8.53. The van der Waals surface area contributed by atoms with Gasteiger partial charge in [-0.3, -0.25) is 0 Å². The van der Waals surface area contributed by atoms with Crippen molar-refractivity contribution in [1.82, 2.24) is 4.31 Å². The second kappa shape index (κ2) is 7.77. The van der Waals surface area contributed by atoms with E-state index in [1.807, 2.05) is 12.1 Å². The van der Waals surface area contributed by atoms with Crippen molar-refractivity contribution in [3.05, 3.63) is 59.1 Å². The summed E-state index contributed by atoms with van der Waals surface area (Å²) in [6, 6.07) is 14.7. The van der Waals surface area contributed by atoms with Crippen LogP contribution >= 0.6 is 11.6 Å². The first-order chi connectivity index (χ1) is 12.0. The van der Waals surface area contributed by atoms with Gasteiger partial charge in [0.25, 0.3) is 0 Å². The van der Waals surface area contributed by atoms with Crippen LogP contribution in [0.2, 0.25) is 5.02 Å². The zero-order chi connectivity index (χ0) is 17.9. The summed E-state index contributed by atoms with van der Waals surface area (Å²) in [5.41, 5.74) is 2.17. The molecule has 0 unspecified atom stereocenters. The van der Waals surface area contributed by atoms with Crippen LogP contribution in [0.25, 0.3) is 0 Å². The number of anilines is 1. The van der Waals surface area contributed by atoms with Crippen LogP contribution < -0.4 is 4.90 Å². The Morgan fingerprint density at radius 2 is 1.64 bits per heavy atom. The molecule has 1 heterocycles. The minimum Gasteiger partial charge on any atom is -0.372 e. The quantitative estimate of drug-likeness (QED) is 0.784. The minimum atomic E-state index is -3.61. The lowest BCUT2D eigenvalue weighted by Crippen LogP contribution is -2.29. The van der Waals surface area contributed by atoms with Gasteiger partial charge in [-0.05, 0) is 49.1 Å². The minimum absolute atomic E-state index is 0.143. The fraction of sp³-hybridized carbons (Fsp3) is 0.368. The van der Waals surface area contributed by atoms with E-state index in [-0.39, 0.29) is 9.92 Å². The molecule has 0 atom stereocenters. The van der Waals surface area contributed by atoms with E-state index < -0.39 is 10.0 Å². The molecule has 0 aromatic heterocycles. The van der Waals surface area contributed by atoms with Gasteiger partial charge >= 0.3 is 0 Å². The molecular weight excluding hydrogens is 356 g/mol. The standard InChI is InChI=1S/C19H23ClN2O2S/c1-21(25(23,24)19-8-4-3-7-18(19)20)15-16-9-11-17(12-10-16)22-13-5-2-6-14-22/h3-4,7-12H,2,5-6,13-15H2,1H3. The first-order valence-corrected chi connectivity index (χ1v) is 10.3. The number of piperidine rings is 1. The maximum atomic E-state index is 12.7. The fourth-order valence-corrected chi connectivity index (χ4v) is 4.78. The van der Waals surface area contributed by atoms with Crippen LogP contribution in [-0.2, 0) is 16.6 Å². The van der Waals surface area contributed by atoms with Crippen molar-refractivity contribution < 1.29 is 8.42 Å². The zero-order valence-corrected chi connectivity index (χ0v) is 15.9. The summed E-state index contributed by atoms with van der Waals surface area (Å²) < 4.78 is 26.7. The van der Waals surface area contributed by atoms with Crippen LogP contribution in [0.3, 0.4) is 0 Å². The molecule has 0 amide bonds. The second-order valence-electron chi connectivity index (χ2n) is 6.41. The average molecular weight is 379 g/mol. The van der Waals surface area contributed by atoms with Crippen LogP contribution in [0.4, 0.5) is 5.69 Å². The Kier molecular flexibility index (Phi) is 5.67. The van der Waals surface area contributed by atoms with Crippen molar-refractivity contribution in [3.63, 3.8) is 0 Å². The molecule has 2 aromatic rings. The summed E-state index contributed by atoms with van der Waals surface area (Å²) in [6.45, 7) is 2.51. The van der Waals surface area contributed by atoms with Gasteiger partial charge in [0.2, 0.25) is 10.0 Å². The molecule has 4 nitrogen and oxygen atoms in total. The Morgan fingerprint density at radius 1 is 1.00 bits per heavy atom. The van der Waals surface area contributed by atoms with Crippen molar-refractivity contribution >= 4 is 27.3 Å². The highest BCUT2D eigenvalue weighted by molar-refractivity contribution is 7.89. The zero-order valence-electron chi connectivity index (χ0n) is 14.4. The Bertz CT molecular complexity index is 816. The van der Waals surface area contributed by atoms with Gasteiger partial charge in [-0.2, -0.15) is 4.31 Å². The Hall–Kier alpha value is -1.56. The second-order valence-corrected chi connectivity index (χ2v) is 8.83. The highest BCUT2D eigenvalue weighted by Crippen LogP contribution is 2.25. The summed E-state index contributed by atoms with van der Waals surface area (Å²) in [5, 5.41) is 0.245. The Balaban J connectivity index is 1.72. The van der Waals surface area contributed by atoms with Crippen molar-refractivity contribution in [2.24, 2.45) is 0 Å². The molecule has 0 radical (unpaired) electrons. The van der Waals surface area contributed by atoms with E-state index in [0.29, 0.717) is 6.54 Å². The summed E-state index contributed by atoms with van der Waals surface area (Å²) in [5.74, 6) is 0. The molecule has 1 fully saturated rings. The molecule has 3 rings (SSSR count). The summed E-state index contributed by atoms with van der Waals surface area (Å²) in [4.78, 5) is 2.53. The van der Waals surface area contributed by atoms with Gasteiger partial charge in [0.15, 0.2) is 0 Å². The smallest absolute Gasteiger partial charge is 0.244 e. The highest BCUT2D eigenvalue weighted by atomic mass is 35.5. The van der Waals surface area contributed by atoms with E-state index in [0.717, 1.165) is 18.7 Å². The molecule has 25 heavy (non-hydrogen) atoms. The van der Waals surface area contributed by atoms with Crippen LogP contribution in [0.1, 0.15) is 24.8 Å². The van der Waals surface area contributed by atoms with E-state index in [9.17, 15) is 8.42 Å². The first kappa shape index (κ1) is 18.2. The molecule has 0 saturated carbocycles. The third-order valence-electron chi connectivity index (χ3n) is 4.59.